The van der Waals surface area contributed by atoms with E-state index in [2.05, 4.69) is 38.4 Å². The first-order chi connectivity index (χ1) is 8.63. The quantitative estimate of drug-likeness (QED) is 0.380. The van der Waals surface area contributed by atoms with Crippen LogP contribution in [0.25, 0.3) is 0 Å². The molecule has 94 valence electrons. The summed E-state index contributed by atoms with van der Waals surface area (Å²) in [5.41, 5.74) is 2.93. The number of carbonyl (C=O) groups is 2. The Hall–Kier alpha value is -1.95. The summed E-state index contributed by atoms with van der Waals surface area (Å²) in [6, 6.07) is 7.36. The topological polar surface area (TPSA) is 70.6 Å². The lowest BCUT2D eigenvalue weighted by molar-refractivity contribution is -0.139. The number of halogens is 1. The number of hydrogen-bond acceptors (Lipinski definition) is 3. The molecule has 0 fully saturated rings. The van der Waals surface area contributed by atoms with Crippen molar-refractivity contribution in [2.75, 3.05) is 6.54 Å². The molecule has 0 aliphatic carbocycles. The van der Waals surface area contributed by atoms with Gasteiger partial charge in [-0.25, -0.2) is 5.43 Å². The molecule has 0 heterocycles. The molecule has 0 atom stereocenters. The standard InChI is InChI=1S/C12H12BrN3O2/c1-2-6-14-11(17)12(18)16-15-8-9-4-3-5-10(13)7-9/h2-5,7-8H,1,6H2,(H,14,17)(H,16,18)/b15-8+. The monoisotopic (exact) mass is 309 g/mol. The summed E-state index contributed by atoms with van der Waals surface area (Å²) in [5, 5.41) is 6.02. The maximum absolute atomic E-state index is 11.2. The van der Waals surface area contributed by atoms with Crippen LogP contribution in [0.2, 0.25) is 0 Å². The summed E-state index contributed by atoms with van der Waals surface area (Å²) >= 11 is 3.31. The third-order valence-electron chi connectivity index (χ3n) is 1.84. The molecule has 0 bridgehead atoms. The second-order valence-electron chi connectivity index (χ2n) is 3.25. The van der Waals surface area contributed by atoms with E-state index in [-0.39, 0.29) is 6.54 Å². The van der Waals surface area contributed by atoms with E-state index in [1.807, 2.05) is 24.3 Å². The van der Waals surface area contributed by atoms with Crippen molar-refractivity contribution in [2.45, 2.75) is 0 Å². The van der Waals surface area contributed by atoms with Gasteiger partial charge < -0.3 is 5.32 Å². The molecule has 0 radical (unpaired) electrons. The van der Waals surface area contributed by atoms with Crippen LogP contribution in [0.3, 0.4) is 0 Å². The molecule has 5 nitrogen and oxygen atoms in total. The Labute approximate surface area is 113 Å². The van der Waals surface area contributed by atoms with E-state index < -0.39 is 11.8 Å². The van der Waals surface area contributed by atoms with Gasteiger partial charge in [0.2, 0.25) is 0 Å². The van der Waals surface area contributed by atoms with Gasteiger partial charge in [0.1, 0.15) is 0 Å². The van der Waals surface area contributed by atoms with Crippen LogP contribution in [0.4, 0.5) is 0 Å². The molecule has 1 aromatic carbocycles. The maximum Gasteiger partial charge on any atom is 0.329 e. The highest BCUT2D eigenvalue weighted by atomic mass is 79.9. The molecule has 0 aromatic heterocycles. The van der Waals surface area contributed by atoms with Gasteiger partial charge in [0.15, 0.2) is 0 Å². The summed E-state index contributed by atoms with van der Waals surface area (Å²) in [6.45, 7) is 3.66. The first-order valence-corrected chi connectivity index (χ1v) is 5.90. The molecule has 0 spiro atoms. The van der Waals surface area contributed by atoms with E-state index in [9.17, 15) is 9.59 Å². The Balaban J connectivity index is 2.47. The maximum atomic E-state index is 11.2. The summed E-state index contributed by atoms with van der Waals surface area (Å²) in [7, 11) is 0. The van der Waals surface area contributed by atoms with Gasteiger partial charge in [-0.05, 0) is 17.7 Å². The van der Waals surface area contributed by atoms with Gasteiger partial charge in [0.05, 0.1) is 6.21 Å². The van der Waals surface area contributed by atoms with Crippen molar-refractivity contribution >= 4 is 34.0 Å². The minimum Gasteiger partial charge on any atom is -0.344 e. The molecule has 2 N–H and O–H groups in total. The van der Waals surface area contributed by atoms with Gasteiger partial charge in [-0.15, -0.1) is 6.58 Å². The average molecular weight is 310 g/mol. The van der Waals surface area contributed by atoms with Crippen LogP contribution in [0.1, 0.15) is 5.56 Å². The lowest BCUT2D eigenvalue weighted by Gasteiger charge is -1.99. The number of rotatable bonds is 4. The van der Waals surface area contributed by atoms with Crippen LogP contribution in [0.15, 0.2) is 46.5 Å². The minimum atomic E-state index is -0.817. The van der Waals surface area contributed by atoms with Gasteiger partial charge in [0.25, 0.3) is 0 Å². The molecule has 0 unspecified atom stereocenters. The highest BCUT2D eigenvalue weighted by Gasteiger charge is 2.10. The number of carbonyl (C=O) groups excluding carboxylic acids is 2. The molecule has 0 saturated carbocycles. The molecule has 0 saturated heterocycles. The van der Waals surface area contributed by atoms with Crippen LogP contribution in [-0.2, 0) is 9.59 Å². The summed E-state index contributed by atoms with van der Waals surface area (Å²) in [5.74, 6) is -1.57. The number of nitrogens with zero attached hydrogens (tertiary/aromatic N) is 1. The average Bonchev–Trinajstić information content (AvgIpc) is 2.35. The van der Waals surface area contributed by atoms with Crippen LogP contribution >= 0.6 is 15.9 Å². The zero-order valence-electron chi connectivity index (χ0n) is 9.52. The smallest absolute Gasteiger partial charge is 0.329 e. The SMILES string of the molecule is C=CCNC(=O)C(=O)N/N=C/c1cccc(Br)c1. The van der Waals surface area contributed by atoms with Crippen molar-refractivity contribution in [1.29, 1.82) is 0 Å². The highest BCUT2D eigenvalue weighted by Crippen LogP contribution is 2.09. The Kier molecular flexibility index (Phi) is 5.79. The molecule has 1 aromatic rings. The molecular formula is C12H12BrN3O2. The van der Waals surface area contributed by atoms with Crippen LogP contribution in [-0.4, -0.2) is 24.6 Å². The van der Waals surface area contributed by atoms with Gasteiger partial charge in [-0.1, -0.05) is 34.1 Å². The number of hydrogen-bond donors (Lipinski definition) is 2. The predicted octanol–water partition coefficient (Wildman–Crippen LogP) is 1.20. The Morgan fingerprint density at radius 2 is 2.17 bits per heavy atom. The van der Waals surface area contributed by atoms with Crippen molar-refractivity contribution in [3.8, 4) is 0 Å². The van der Waals surface area contributed by atoms with Gasteiger partial charge in [-0.2, -0.15) is 5.10 Å². The zero-order valence-corrected chi connectivity index (χ0v) is 11.1. The van der Waals surface area contributed by atoms with E-state index in [1.54, 1.807) is 0 Å². The van der Waals surface area contributed by atoms with Gasteiger partial charge >= 0.3 is 11.8 Å². The molecule has 1 rings (SSSR count). The lowest BCUT2D eigenvalue weighted by Crippen LogP contribution is -2.37. The van der Waals surface area contributed by atoms with Crippen molar-refractivity contribution in [2.24, 2.45) is 5.10 Å². The van der Waals surface area contributed by atoms with Crippen LogP contribution < -0.4 is 10.7 Å². The summed E-state index contributed by atoms with van der Waals surface area (Å²) in [4.78, 5) is 22.4. The number of amides is 2. The van der Waals surface area contributed by atoms with Gasteiger partial charge in [0, 0.05) is 11.0 Å². The Morgan fingerprint density at radius 3 is 2.83 bits per heavy atom. The third kappa shape index (κ3) is 4.92. The summed E-state index contributed by atoms with van der Waals surface area (Å²) < 4.78 is 0.904. The second-order valence-corrected chi connectivity index (χ2v) is 4.17. The molecule has 18 heavy (non-hydrogen) atoms. The van der Waals surface area contributed by atoms with E-state index >= 15 is 0 Å². The largest absolute Gasteiger partial charge is 0.344 e. The first-order valence-electron chi connectivity index (χ1n) is 5.11. The van der Waals surface area contributed by atoms with E-state index in [4.69, 9.17) is 0 Å². The highest BCUT2D eigenvalue weighted by molar-refractivity contribution is 9.10. The van der Waals surface area contributed by atoms with E-state index in [1.165, 1.54) is 12.3 Å². The van der Waals surface area contributed by atoms with Crippen LogP contribution in [0.5, 0.6) is 0 Å². The number of benzene rings is 1. The zero-order chi connectivity index (χ0) is 13.4. The summed E-state index contributed by atoms with van der Waals surface area (Å²) in [6.07, 6.45) is 2.93. The normalized spacial score (nSPS) is 10.1. The first kappa shape index (κ1) is 14.1. The third-order valence-corrected chi connectivity index (χ3v) is 2.33. The second kappa shape index (κ2) is 7.39. The van der Waals surface area contributed by atoms with Crippen molar-refractivity contribution in [3.63, 3.8) is 0 Å². The van der Waals surface area contributed by atoms with Gasteiger partial charge in [-0.3, -0.25) is 9.59 Å². The van der Waals surface area contributed by atoms with Crippen molar-refractivity contribution < 1.29 is 9.59 Å². The minimum absolute atomic E-state index is 0.238. The molecular weight excluding hydrogens is 298 g/mol. The number of hydrazone groups is 1. The lowest BCUT2D eigenvalue weighted by atomic mass is 10.2. The van der Waals surface area contributed by atoms with E-state index in [0.29, 0.717) is 0 Å². The van der Waals surface area contributed by atoms with Crippen molar-refractivity contribution in [1.82, 2.24) is 10.7 Å². The molecule has 0 aliphatic heterocycles. The molecule has 2 amide bonds. The van der Waals surface area contributed by atoms with Crippen molar-refractivity contribution in [3.05, 3.63) is 47.0 Å². The molecule has 0 aliphatic rings. The molecule has 6 heteroatoms. The fourth-order valence-corrected chi connectivity index (χ4v) is 1.47. The fourth-order valence-electron chi connectivity index (χ4n) is 1.05. The van der Waals surface area contributed by atoms with E-state index in [0.717, 1.165) is 10.0 Å². The predicted molar refractivity (Wildman–Crippen MR) is 73.1 cm³/mol. The number of nitrogens with one attached hydrogen (secondary N) is 2. The Morgan fingerprint density at radius 1 is 1.39 bits per heavy atom. The fraction of sp³-hybridized carbons (Fsp3) is 0.0833. The Bertz CT molecular complexity index is 486. The van der Waals surface area contributed by atoms with Crippen LogP contribution in [0, 0.1) is 0 Å².